The topological polar surface area (TPSA) is 102 Å². The van der Waals surface area contributed by atoms with Gasteiger partial charge >= 0.3 is 0 Å². The van der Waals surface area contributed by atoms with Crippen molar-refractivity contribution in [3.8, 4) is 11.5 Å². The number of hydrogen-bond acceptors (Lipinski definition) is 6. The number of aryl methyl sites for hydroxylation is 1. The van der Waals surface area contributed by atoms with Crippen molar-refractivity contribution in [1.82, 2.24) is 20.1 Å². The molecule has 0 radical (unpaired) electrons. The predicted molar refractivity (Wildman–Crippen MR) is 122 cm³/mol. The molecule has 2 aromatic rings. The highest BCUT2D eigenvalue weighted by Gasteiger charge is 2.28. The third-order valence-electron chi connectivity index (χ3n) is 5.80. The third kappa shape index (κ3) is 4.88. The number of hydrogen-bond donors (Lipinski definition) is 2. The second-order valence-electron chi connectivity index (χ2n) is 8.31. The number of benzene rings is 1. The molecule has 0 fully saturated rings. The number of amides is 2. The van der Waals surface area contributed by atoms with Gasteiger partial charge in [-0.3, -0.25) is 14.4 Å². The Balaban J connectivity index is 1.91. The molecule has 1 aliphatic heterocycles. The summed E-state index contributed by atoms with van der Waals surface area (Å²) in [6, 6.07) is 2.63. The molecule has 2 atom stereocenters. The van der Waals surface area contributed by atoms with Crippen LogP contribution in [0, 0.1) is 5.92 Å². The summed E-state index contributed by atoms with van der Waals surface area (Å²) in [6.07, 6.45) is 2.24. The minimum Gasteiger partial charge on any atom is -0.454 e. The second kappa shape index (κ2) is 10.0. The first kappa shape index (κ1) is 23.6. The Hall–Kier alpha value is -3.07. The summed E-state index contributed by atoms with van der Waals surface area (Å²) in [5.41, 5.74) is 0.252. The zero-order valence-corrected chi connectivity index (χ0v) is 19.4. The van der Waals surface area contributed by atoms with Gasteiger partial charge in [0.15, 0.2) is 11.5 Å². The normalized spacial score (nSPS) is 14.4. The summed E-state index contributed by atoms with van der Waals surface area (Å²) >= 11 is 0. The standard InChI is InChI=1S/C23H32N4O5/c1-6-14(3)20(23(30)24-8-9-26(4)5)25-22(29)16-12-27(7-2)17-11-19-18(31-13-32-19)10-15(17)21(16)28/h10-12,14,20H,6-9,13H2,1-5H3,(H,24,30)(H,25,29)/t14?,20-/m0/s1. The Labute approximate surface area is 187 Å². The van der Waals surface area contributed by atoms with Gasteiger partial charge in [-0.25, -0.2) is 0 Å². The maximum absolute atomic E-state index is 13.2. The number of likely N-dealkylation sites (N-methyl/N-ethyl adjacent to an activating group) is 1. The molecule has 2 heterocycles. The lowest BCUT2D eigenvalue weighted by molar-refractivity contribution is -0.124. The highest BCUT2D eigenvalue weighted by Crippen LogP contribution is 2.35. The molecule has 0 bridgehead atoms. The van der Waals surface area contributed by atoms with Gasteiger partial charge in [-0.05, 0) is 33.0 Å². The van der Waals surface area contributed by atoms with Crippen LogP contribution in [0.3, 0.4) is 0 Å². The van der Waals surface area contributed by atoms with E-state index in [4.69, 9.17) is 9.47 Å². The van der Waals surface area contributed by atoms with Gasteiger partial charge in [0.2, 0.25) is 18.1 Å². The van der Waals surface area contributed by atoms with Gasteiger partial charge in [0.05, 0.1) is 10.9 Å². The van der Waals surface area contributed by atoms with Gasteiger partial charge in [-0.15, -0.1) is 0 Å². The van der Waals surface area contributed by atoms with E-state index in [-0.39, 0.29) is 24.2 Å². The summed E-state index contributed by atoms with van der Waals surface area (Å²) in [6.45, 7) is 7.60. The first-order chi connectivity index (χ1) is 15.3. The monoisotopic (exact) mass is 444 g/mol. The van der Waals surface area contributed by atoms with Crippen molar-refractivity contribution >= 4 is 22.7 Å². The van der Waals surface area contributed by atoms with Crippen LogP contribution < -0.4 is 25.5 Å². The van der Waals surface area contributed by atoms with Gasteiger partial charge in [0.1, 0.15) is 11.6 Å². The van der Waals surface area contributed by atoms with Crippen LogP contribution in [0.2, 0.25) is 0 Å². The number of carbonyl (C=O) groups excluding carboxylic acids is 2. The minimum atomic E-state index is -0.739. The number of pyridine rings is 1. The Morgan fingerprint density at radius 2 is 1.88 bits per heavy atom. The molecule has 1 aromatic heterocycles. The van der Waals surface area contributed by atoms with E-state index in [1.54, 1.807) is 18.3 Å². The molecule has 0 spiro atoms. The molecule has 9 nitrogen and oxygen atoms in total. The van der Waals surface area contributed by atoms with Crippen molar-refractivity contribution in [2.75, 3.05) is 34.0 Å². The SMILES string of the molecule is CCC(C)[C@H](NC(=O)c1cn(CC)c2cc3c(cc2c1=O)OCO3)C(=O)NCCN(C)C. The number of aromatic nitrogens is 1. The Kier molecular flexibility index (Phi) is 7.40. The van der Waals surface area contributed by atoms with E-state index in [2.05, 4.69) is 10.6 Å². The first-order valence-electron chi connectivity index (χ1n) is 11.0. The van der Waals surface area contributed by atoms with E-state index >= 15 is 0 Å². The number of rotatable bonds is 9. The zero-order valence-electron chi connectivity index (χ0n) is 19.4. The highest BCUT2D eigenvalue weighted by molar-refractivity contribution is 6.00. The summed E-state index contributed by atoms with van der Waals surface area (Å²) in [4.78, 5) is 41.1. The van der Waals surface area contributed by atoms with Gasteiger partial charge in [-0.1, -0.05) is 20.3 Å². The predicted octanol–water partition coefficient (Wildman–Crippen LogP) is 1.57. The maximum atomic E-state index is 13.2. The van der Waals surface area contributed by atoms with Crippen LogP contribution in [0.5, 0.6) is 11.5 Å². The molecule has 1 aromatic carbocycles. The summed E-state index contributed by atoms with van der Waals surface area (Å²) in [5, 5.41) is 6.04. The van der Waals surface area contributed by atoms with E-state index in [1.165, 1.54) is 0 Å². The van der Waals surface area contributed by atoms with Crippen LogP contribution in [-0.4, -0.2) is 61.3 Å². The Morgan fingerprint density at radius 1 is 1.19 bits per heavy atom. The number of carbonyl (C=O) groups is 2. The molecule has 32 heavy (non-hydrogen) atoms. The fourth-order valence-electron chi connectivity index (χ4n) is 3.64. The van der Waals surface area contributed by atoms with Crippen LogP contribution >= 0.6 is 0 Å². The molecule has 0 saturated carbocycles. The van der Waals surface area contributed by atoms with Gasteiger partial charge in [0, 0.05) is 31.9 Å². The van der Waals surface area contributed by atoms with Crippen LogP contribution in [0.25, 0.3) is 10.9 Å². The average molecular weight is 445 g/mol. The van der Waals surface area contributed by atoms with Crippen molar-refractivity contribution in [2.24, 2.45) is 5.92 Å². The molecule has 1 aliphatic rings. The average Bonchev–Trinajstić information content (AvgIpc) is 3.23. The molecule has 3 rings (SSSR count). The molecular weight excluding hydrogens is 412 g/mol. The number of ether oxygens (including phenoxy) is 2. The summed E-state index contributed by atoms with van der Waals surface area (Å²) in [7, 11) is 3.84. The number of nitrogens with one attached hydrogen (secondary N) is 2. The second-order valence-corrected chi connectivity index (χ2v) is 8.31. The molecule has 2 amide bonds. The van der Waals surface area contributed by atoms with Crippen molar-refractivity contribution < 1.29 is 19.1 Å². The molecule has 174 valence electrons. The van der Waals surface area contributed by atoms with E-state index in [9.17, 15) is 14.4 Å². The van der Waals surface area contributed by atoms with E-state index in [1.807, 2.05) is 44.3 Å². The highest BCUT2D eigenvalue weighted by atomic mass is 16.7. The number of nitrogens with zero attached hydrogens (tertiary/aromatic N) is 2. The lowest BCUT2D eigenvalue weighted by Crippen LogP contribution is -2.51. The van der Waals surface area contributed by atoms with Crippen molar-refractivity contribution in [1.29, 1.82) is 0 Å². The zero-order chi connectivity index (χ0) is 23.4. The fraction of sp³-hybridized carbons (Fsp3) is 0.522. The molecule has 0 saturated heterocycles. The van der Waals surface area contributed by atoms with Crippen LogP contribution in [0.4, 0.5) is 0 Å². The lowest BCUT2D eigenvalue weighted by atomic mass is 9.97. The largest absolute Gasteiger partial charge is 0.454 e. The fourth-order valence-corrected chi connectivity index (χ4v) is 3.64. The molecule has 1 unspecified atom stereocenters. The van der Waals surface area contributed by atoms with Crippen LogP contribution in [-0.2, 0) is 11.3 Å². The van der Waals surface area contributed by atoms with Crippen LogP contribution in [0.15, 0.2) is 23.1 Å². The Morgan fingerprint density at radius 3 is 2.50 bits per heavy atom. The first-order valence-corrected chi connectivity index (χ1v) is 11.0. The van der Waals surface area contributed by atoms with Crippen molar-refractivity contribution in [3.63, 3.8) is 0 Å². The third-order valence-corrected chi connectivity index (χ3v) is 5.80. The van der Waals surface area contributed by atoms with Crippen LogP contribution in [0.1, 0.15) is 37.6 Å². The summed E-state index contributed by atoms with van der Waals surface area (Å²) < 4.78 is 12.7. The molecular formula is C23H32N4O5. The molecule has 9 heteroatoms. The lowest BCUT2D eigenvalue weighted by Gasteiger charge is -2.24. The van der Waals surface area contributed by atoms with Crippen molar-refractivity contribution in [2.45, 2.75) is 39.8 Å². The molecule has 0 aliphatic carbocycles. The van der Waals surface area contributed by atoms with Gasteiger partial charge in [0.25, 0.3) is 5.91 Å². The minimum absolute atomic E-state index is 0.00684. The van der Waals surface area contributed by atoms with Crippen molar-refractivity contribution in [3.05, 3.63) is 34.1 Å². The number of fused-ring (bicyclic) bond motifs is 2. The smallest absolute Gasteiger partial charge is 0.257 e. The van der Waals surface area contributed by atoms with E-state index < -0.39 is 17.4 Å². The maximum Gasteiger partial charge on any atom is 0.257 e. The Bertz CT molecular complexity index is 1060. The van der Waals surface area contributed by atoms with E-state index in [0.29, 0.717) is 48.5 Å². The quantitative estimate of drug-likeness (QED) is 0.609. The molecule has 2 N–H and O–H groups in total. The van der Waals surface area contributed by atoms with E-state index in [0.717, 1.165) is 0 Å². The van der Waals surface area contributed by atoms with Gasteiger partial charge in [-0.2, -0.15) is 0 Å². The van der Waals surface area contributed by atoms with Gasteiger partial charge < -0.3 is 29.6 Å². The summed E-state index contributed by atoms with van der Waals surface area (Å²) in [5.74, 6) is 0.135.